The second-order valence-corrected chi connectivity index (χ2v) is 8.68. The minimum Gasteiger partial charge on any atom is -0.460 e. The third-order valence-electron chi connectivity index (χ3n) is 4.38. The fourth-order valence-corrected chi connectivity index (χ4v) is 3.79. The SMILES string of the molecule is CC(=O)c1ccc(S(=O)(=O)N(C)CC(=O)OCc2cnn(-c3ccccc3)c2)cc1. The zero-order chi connectivity index (χ0) is 21.7. The molecule has 1 heterocycles. The number of nitrogens with zero attached hydrogens (tertiary/aromatic N) is 3. The van der Waals surface area contributed by atoms with Gasteiger partial charge in [0.25, 0.3) is 0 Å². The van der Waals surface area contributed by atoms with Crippen LogP contribution in [0.15, 0.2) is 71.9 Å². The van der Waals surface area contributed by atoms with Crippen LogP contribution in [0.1, 0.15) is 22.8 Å². The van der Waals surface area contributed by atoms with Gasteiger partial charge in [-0.15, -0.1) is 0 Å². The molecule has 0 N–H and O–H groups in total. The van der Waals surface area contributed by atoms with Gasteiger partial charge in [0.1, 0.15) is 13.2 Å². The van der Waals surface area contributed by atoms with Crippen LogP contribution in [0.2, 0.25) is 0 Å². The van der Waals surface area contributed by atoms with E-state index in [1.54, 1.807) is 17.1 Å². The molecule has 0 aliphatic heterocycles. The number of Topliss-reactive ketones (excluding diaryl/α,β-unsaturated/α-hetero) is 1. The number of benzene rings is 2. The number of aromatic nitrogens is 2. The van der Waals surface area contributed by atoms with E-state index >= 15 is 0 Å². The lowest BCUT2D eigenvalue weighted by Crippen LogP contribution is -2.33. The van der Waals surface area contributed by atoms with Crippen molar-refractivity contribution in [3.05, 3.63) is 78.1 Å². The Balaban J connectivity index is 1.58. The van der Waals surface area contributed by atoms with Crippen molar-refractivity contribution >= 4 is 21.8 Å². The van der Waals surface area contributed by atoms with E-state index in [1.165, 1.54) is 38.2 Å². The molecule has 2 aromatic carbocycles. The van der Waals surface area contributed by atoms with Gasteiger partial charge in [0, 0.05) is 24.4 Å². The largest absolute Gasteiger partial charge is 0.460 e. The lowest BCUT2D eigenvalue weighted by Gasteiger charge is -2.16. The molecule has 8 nitrogen and oxygen atoms in total. The summed E-state index contributed by atoms with van der Waals surface area (Å²) in [4.78, 5) is 23.4. The molecule has 0 aliphatic rings. The maximum Gasteiger partial charge on any atom is 0.321 e. The number of carbonyl (C=O) groups excluding carboxylic acids is 2. The second kappa shape index (κ2) is 9.02. The summed E-state index contributed by atoms with van der Waals surface area (Å²) in [5, 5.41) is 4.22. The molecular formula is C21H21N3O5S. The summed E-state index contributed by atoms with van der Waals surface area (Å²) in [5.74, 6) is -0.847. The molecule has 0 radical (unpaired) electrons. The van der Waals surface area contributed by atoms with Crippen LogP contribution in [0.3, 0.4) is 0 Å². The molecule has 0 aliphatic carbocycles. The Labute approximate surface area is 174 Å². The fourth-order valence-electron chi connectivity index (χ4n) is 2.67. The van der Waals surface area contributed by atoms with Crippen LogP contribution in [0.4, 0.5) is 0 Å². The molecule has 0 atom stereocenters. The summed E-state index contributed by atoms with van der Waals surface area (Å²) in [6.07, 6.45) is 3.32. The van der Waals surface area contributed by atoms with Gasteiger partial charge in [0.05, 0.1) is 16.8 Å². The van der Waals surface area contributed by atoms with Crippen molar-refractivity contribution in [3.8, 4) is 5.69 Å². The van der Waals surface area contributed by atoms with Crippen LogP contribution >= 0.6 is 0 Å². The fraction of sp³-hybridized carbons (Fsp3) is 0.190. The van der Waals surface area contributed by atoms with Gasteiger partial charge in [-0.1, -0.05) is 30.3 Å². The molecule has 9 heteroatoms. The number of sulfonamides is 1. The van der Waals surface area contributed by atoms with Crippen molar-refractivity contribution in [1.82, 2.24) is 14.1 Å². The molecule has 0 amide bonds. The van der Waals surface area contributed by atoms with E-state index in [9.17, 15) is 18.0 Å². The Morgan fingerprint density at radius 1 is 1.07 bits per heavy atom. The Morgan fingerprint density at radius 2 is 1.73 bits per heavy atom. The predicted molar refractivity (Wildman–Crippen MR) is 110 cm³/mol. The maximum atomic E-state index is 12.6. The highest BCUT2D eigenvalue weighted by Crippen LogP contribution is 2.16. The van der Waals surface area contributed by atoms with Gasteiger partial charge in [-0.2, -0.15) is 9.40 Å². The smallest absolute Gasteiger partial charge is 0.321 e. The highest BCUT2D eigenvalue weighted by molar-refractivity contribution is 7.89. The van der Waals surface area contributed by atoms with Crippen LogP contribution in [-0.2, 0) is 26.2 Å². The quantitative estimate of drug-likeness (QED) is 0.404. The number of ketones is 1. The van der Waals surface area contributed by atoms with E-state index in [0.717, 1.165) is 9.99 Å². The van der Waals surface area contributed by atoms with E-state index in [1.807, 2.05) is 30.3 Å². The Hall–Kier alpha value is -3.30. The summed E-state index contributed by atoms with van der Waals surface area (Å²) in [7, 11) is -2.59. The average Bonchev–Trinajstić information content (AvgIpc) is 3.22. The zero-order valence-electron chi connectivity index (χ0n) is 16.6. The molecular weight excluding hydrogens is 406 g/mol. The number of likely N-dealkylation sites (N-methyl/N-ethyl adjacent to an activating group) is 1. The average molecular weight is 427 g/mol. The molecule has 0 saturated carbocycles. The molecule has 30 heavy (non-hydrogen) atoms. The molecule has 0 bridgehead atoms. The normalized spacial score (nSPS) is 11.4. The van der Waals surface area contributed by atoms with Gasteiger partial charge in [-0.25, -0.2) is 13.1 Å². The van der Waals surface area contributed by atoms with E-state index in [4.69, 9.17) is 4.74 Å². The number of hydrogen-bond acceptors (Lipinski definition) is 6. The van der Waals surface area contributed by atoms with Gasteiger partial charge < -0.3 is 4.74 Å². The van der Waals surface area contributed by atoms with E-state index in [-0.39, 0.29) is 17.3 Å². The minimum atomic E-state index is -3.89. The first-order valence-corrected chi connectivity index (χ1v) is 10.5. The number of para-hydroxylation sites is 1. The first-order valence-electron chi connectivity index (χ1n) is 9.09. The summed E-state index contributed by atoms with van der Waals surface area (Å²) in [5.41, 5.74) is 1.96. The van der Waals surface area contributed by atoms with Crippen molar-refractivity contribution in [2.75, 3.05) is 13.6 Å². The molecule has 156 valence electrons. The van der Waals surface area contributed by atoms with Crippen LogP contribution in [-0.4, -0.2) is 47.8 Å². The molecule has 0 unspecified atom stereocenters. The number of ether oxygens (including phenoxy) is 1. The predicted octanol–water partition coefficient (Wildman–Crippen LogP) is 2.44. The van der Waals surface area contributed by atoms with E-state index < -0.39 is 22.5 Å². The first-order chi connectivity index (χ1) is 14.3. The molecule has 0 saturated heterocycles. The minimum absolute atomic E-state index is 0.00747. The highest BCUT2D eigenvalue weighted by Gasteiger charge is 2.23. The number of carbonyl (C=O) groups is 2. The van der Waals surface area contributed by atoms with Gasteiger partial charge >= 0.3 is 5.97 Å². The molecule has 3 rings (SSSR count). The van der Waals surface area contributed by atoms with E-state index in [2.05, 4.69) is 5.10 Å². The highest BCUT2D eigenvalue weighted by atomic mass is 32.2. The molecule has 0 fully saturated rings. The Kier molecular flexibility index (Phi) is 6.43. The topological polar surface area (TPSA) is 98.6 Å². The van der Waals surface area contributed by atoms with Crippen molar-refractivity contribution in [2.45, 2.75) is 18.4 Å². The van der Waals surface area contributed by atoms with Gasteiger partial charge in [0.2, 0.25) is 10.0 Å². The third-order valence-corrected chi connectivity index (χ3v) is 6.20. The summed E-state index contributed by atoms with van der Waals surface area (Å²) < 4.78 is 33.0. The number of esters is 1. The summed E-state index contributed by atoms with van der Waals surface area (Å²) in [6.45, 7) is 0.936. The van der Waals surface area contributed by atoms with Crippen molar-refractivity contribution in [1.29, 1.82) is 0 Å². The lowest BCUT2D eigenvalue weighted by atomic mass is 10.2. The maximum absolute atomic E-state index is 12.6. The van der Waals surface area contributed by atoms with Crippen LogP contribution in [0.25, 0.3) is 5.69 Å². The van der Waals surface area contributed by atoms with Crippen molar-refractivity contribution in [3.63, 3.8) is 0 Å². The van der Waals surface area contributed by atoms with Gasteiger partial charge in [-0.05, 0) is 31.2 Å². The summed E-state index contributed by atoms with van der Waals surface area (Å²) in [6, 6.07) is 15.0. The van der Waals surface area contributed by atoms with Gasteiger partial charge in [0.15, 0.2) is 5.78 Å². The summed E-state index contributed by atoms with van der Waals surface area (Å²) >= 11 is 0. The number of rotatable bonds is 8. The van der Waals surface area contributed by atoms with Gasteiger partial charge in [-0.3, -0.25) is 9.59 Å². The van der Waals surface area contributed by atoms with Crippen molar-refractivity contribution in [2.24, 2.45) is 0 Å². The number of hydrogen-bond donors (Lipinski definition) is 0. The molecule has 0 spiro atoms. The van der Waals surface area contributed by atoms with Crippen LogP contribution in [0.5, 0.6) is 0 Å². The van der Waals surface area contributed by atoms with Crippen molar-refractivity contribution < 1.29 is 22.7 Å². The molecule has 3 aromatic rings. The zero-order valence-corrected chi connectivity index (χ0v) is 17.4. The first kappa shape index (κ1) is 21.4. The van der Waals surface area contributed by atoms with Crippen LogP contribution < -0.4 is 0 Å². The standard InChI is InChI=1S/C21H21N3O5S/c1-16(25)18-8-10-20(11-9-18)30(27,28)23(2)14-21(26)29-15-17-12-22-24(13-17)19-6-4-3-5-7-19/h3-13H,14-15H2,1-2H3. The van der Waals surface area contributed by atoms with Crippen LogP contribution in [0, 0.1) is 0 Å². The second-order valence-electron chi connectivity index (χ2n) is 6.63. The Morgan fingerprint density at radius 3 is 2.37 bits per heavy atom. The third kappa shape index (κ3) is 5.00. The Bertz CT molecular complexity index is 1140. The lowest BCUT2D eigenvalue weighted by molar-refractivity contribution is -0.144. The monoisotopic (exact) mass is 427 g/mol. The van der Waals surface area contributed by atoms with E-state index in [0.29, 0.717) is 11.1 Å². The molecule has 1 aromatic heterocycles.